The summed E-state index contributed by atoms with van der Waals surface area (Å²) >= 11 is 0. The number of para-hydroxylation sites is 2. The number of oxime groups is 1. The van der Waals surface area contributed by atoms with Crippen LogP contribution in [0, 0.1) is 11.8 Å². The number of hydrogen-bond acceptors (Lipinski definition) is 7. The van der Waals surface area contributed by atoms with Crippen molar-refractivity contribution in [2.45, 2.75) is 88.4 Å². The van der Waals surface area contributed by atoms with E-state index in [2.05, 4.69) is 15.0 Å². The average Bonchev–Trinajstić information content (AvgIpc) is 3.44. The summed E-state index contributed by atoms with van der Waals surface area (Å²) in [7, 11) is 1.52. The first-order valence-electron chi connectivity index (χ1n) is 14.3. The molecule has 0 spiro atoms. The molecule has 2 unspecified atom stereocenters. The van der Waals surface area contributed by atoms with E-state index in [0.29, 0.717) is 17.6 Å². The van der Waals surface area contributed by atoms with Crippen molar-refractivity contribution in [3.8, 4) is 0 Å². The Bertz CT molecular complexity index is 1260. The summed E-state index contributed by atoms with van der Waals surface area (Å²) in [6, 6.07) is 8.86. The van der Waals surface area contributed by atoms with Gasteiger partial charge in [-0.1, -0.05) is 43.0 Å². The van der Waals surface area contributed by atoms with Crippen LogP contribution in [0.2, 0.25) is 0 Å². The van der Waals surface area contributed by atoms with Crippen molar-refractivity contribution in [1.29, 1.82) is 0 Å². The van der Waals surface area contributed by atoms with Gasteiger partial charge in [0, 0.05) is 25.2 Å². The van der Waals surface area contributed by atoms with E-state index in [1.807, 2.05) is 28.8 Å². The Balaban J connectivity index is 1.37. The summed E-state index contributed by atoms with van der Waals surface area (Å²) in [5, 5.41) is 13.7. The fraction of sp³-hybridized carbons (Fsp3) is 0.655. The highest BCUT2D eigenvalue weighted by molar-refractivity contribution is 6.41. The molecule has 38 heavy (non-hydrogen) atoms. The summed E-state index contributed by atoms with van der Waals surface area (Å²) in [6.45, 7) is 0.343. The first-order chi connectivity index (χ1) is 18.5. The maximum atomic E-state index is 14.0. The lowest BCUT2D eigenvalue weighted by Gasteiger charge is -2.41. The minimum Gasteiger partial charge on any atom is -0.476 e. The number of hydrogen-bond donors (Lipinski definition) is 1. The molecule has 4 aliphatic rings. The number of aliphatic carboxylic acids is 1. The third kappa shape index (κ3) is 4.64. The van der Waals surface area contributed by atoms with Crippen LogP contribution in [0.1, 0.15) is 75.9 Å². The molecule has 204 valence electrons. The van der Waals surface area contributed by atoms with Crippen LogP contribution in [0.4, 0.5) is 0 Å². The maximum Gasteiger partial charge on any atom is 0.360 e. The van der Waals surface area contributed by atoms with Crippen molar-refractivity contribution in [2.24, 2.45) is 17.0 Å². The summed E-state index contributed by atoms with van der Waals surface area (Å²) in [4.78, 5) is 38.6. The molecule has 9 heteroatoms. The smallest absolute Gasteiger partial charge is 0.360 e. The largest absolute Gasteiger partial charge is 0.476 e. The molecule has 6 rings (SSSR count). The van der Waals surface area contributed by atoms with Gasteiger partial charge in [-0.05, 0) is 62.5 Å². The number of carboxylic acids is 1. The molecule has 2 aliphatic heterocycles. The lowest BCUT2D eigenvalue weighted by molar-refractivity contribution is -0.129. The van der Waals surface area contributed by atoms with Crippen LogP contribution in [0.25, 0.3) is 11.0 Å². The monoisotopic (exact) mass is 522 g/mol. The Kier molecular flexibility index (Phi) is 7.22. The van der Waals surface area contributed by atoms with Crippen LogP contribution in [-0.4, -0.2) is 69.7 Å². The van der Waals surface area contributed by atoms with Gasteiger partial charge in [0.1, 0.15) is 6.61 Å². The molecule has 2 aliphatic carbocycles. The van der Waals surface area contributed by atoms with Crippen molar-refractivity contribution in [3.63, 3.8) is 0 Å². The summed E-state index contributed by atoms with van der Waals surface area (Å²) in [5.74, 6) is 0.333. The highest BCUT2D eigenvalue weighted by atomic mass is 16.6. The second-order valence-electron chi connectivity index (χ2n) is 11.6. The lowest BCUT2D eigenvalue weighted by atomic mass is 9.77. The molecule has 5 atom stereocenters. The molecular weight excluding hydrogens is 484 g/mol. The van der Waals surface area contributed by atoms with E-state index in [9.17, 15) is 14.7 Å². The zero-order valence-electron chi connectivity index (χ0n) is 22.1. The normalized spacial score (nSPS) is 31.4. The van der Waals surface area contributed by atoms with Gasteiger partial charge in [-0.15, -0.1) is 0 Å². The number of nitrogens with zero attached hydrogens (tertiary/aromatic N) is 4. The van der Waals surface area contributed by atoms with Crippen LogP contribution in [0.15, 0.2) is 34.2 Å². The van der Waals surface area contributed by atoms with Crippen LogP contribution in [0.3, 0.4) is 0 Å². The Morgan fingerprint density at radius 2 is 1.76 bits per heavy atom. The van der Waals surface area contributed by atoms with Gasteiger partial charge >= 0.3 is 5.97 Å². The zero-order chi connectivity index (χ0) is 26.2. The minimum atomic E-state index is -1.34. The second-order valence-corrected chi connectivity index (χ2v) is 11.6. The number of ether oxygens (including phenoxy) is 1. The molecule has 4 bridgehead atoms. The van der Waals surface area contributed by atoms with Crippen LogP contribution in [0.5, 0.6) is 0 Å². The fourth-order valence-electron chi connectivity index (χ4n) is 8.01. The van der Waals surface area contributed by atoms with Crippen molar-refractivity contribution in [3.05, 3.63) is 40.3 Å². The second kappa shape index (κ2) is 10.8. The number of benzene rings is 1. The van der Waals surface area contributed by atoms with E-state index in [1.54, 1.807) is 0 Å². The van der Waals surface area contributed by atoms with Crippen molar-refractivity contribution < 1.29 is 19.5 Å². The summed E-state index contributed by atoms with van der Waals surface area (Å²) in [6.07, 6.45) is 12.6. The molecule has 9 nitrogen and oxygen atoms in total. The Morgan fingerprint density at radius 1 is 1.00 bits per heavy atom. The lowest BCUT2D eigenvalue weighted by Crippen LogP contribution is -2.45. The molecule has 4 fully saturated rings. The van der Waals surface area contributed by atoms with Crippen molar-refractivity contribution in [2.75, 3.05) is 20.3 Å². The van der Waals surface area contributed by atoms with Gasteiger partial charge in [-0.25, -0.2) is 9.78 Å². The van der Waals surface area contributed by atoms with Crippen LogP contribution >= 0.6 is 0 Å². The van der Waals surface area contributed by atoms with Gasteiger partial charge in [0.2, 0.25) is 5.71 Å². The molecule has 0 amide bonds. The maximum absolute atomic E-state index is 14.0. The number of rotatable bonds is 8. The van der Waals surface area contributed by atoms with E-state index in [0.717, 1.165) is 30.2 Å². The number of carboxylic acid groups (broad SMARTS) is 1. The minimum absolute atomic E-state index is 0.0127. The number of aromatic nitrogens is 2. The molecule has 3 heterocycles. The molecule has 1 N–H and O–H groups in total. The first-order valence-corrected chi connectivity index (χ1v) is 14.3. The summed E-state index contributed by atoms with van der Waals surface area (Å²) < 4.78 is 6.78. The third-order valence-corrected chi connectivity index (χ3v) is 9.42. The van der Waals surface area contributed by atoms with E-state index >= 15 is 0 Å². The highest BCUT2D eigenvalue weighted by Gasteiger charge is 2.51. The number of methoxy groups -OCH3 is 1. The van der Waals surface area contributed by atoms with Gasteiger partial charge in [-0.3, -0.25) is 9.69 Å². The molecule has 2 saturated carbocycles. The van der Waals surface area contributed by atoms with Gasteiger partial charge in [0.15, 0.2) is 5.69 Å². The standard InChI is InChI=1S/C29H38N4O5/c1-37-12-13-38-31-27(29(35)36)26-28(34)33(23-9-5-4-8-22(23)30-26)25-17-20-10-11-24(25)32(20)21-15-18-6-2-3-7-19(14-18)16-21/h4-5,8-9,18-21,24-25H,2-3,6-7,10-17H2,1H3,(H,35,36)/b31-27-/t18?,19?,20-,21?,24+,25+/m0/s1. The molecular formula is C29H38N4O5. The third-order valence-electron chi connectivity index (χ3n) is 9.42. The predicted octanol–water partition coefficient (Wildman–Crippen LogP) is 3.98. The van der Waals surface area contributed by atoms with E-state index < -0.39 is 17.2 Å². The molecule has 1 aromatic carbocycles. The predicted molar refractivity (Wildman–Crippen MR) is 143 cm³/mol. The Morgan fingerprint density at radius 3 is 2.50 bits per heavy atom. The Hall–Kier alpha value is -2.78. The van der Waals surface area contributed by atoms with E-state index in [4.69, 9.17) is 9.57 Å². The summed E-state index contributed by atoms with van der Waals surface area (Å²) in [5.41, 5.74) is 0.288. The highest BCUT2D eigenvalue weighted by Crippen LogP contribution is 2.50. The topological polar surface area (TPSA) is 106 Å². The van der Waals surface area contributed by atoms with Crippen LogP contribution in [-0.2, 0) is 14.4 Å². The van der Waals surface area contributed by atoms with E-state index in [-0.39, 0.29) is 31.0 Å². The van der Waals surface area contributed by atoms with Crippen molar-refractivity contribution >= 4 is 22.7 Å². The SMILES string of the molecule is COCCO/N=C(\C(=O)O)c1nc2ccccc2n([C@@H]2C[C@@H]3CC[C@H]2N3C2CC3CCCCC(C3)C2)c1=O. The molecule has 2 saturated heterocycles. The van der Waals surface area contributed by atoms with Gasteiger partial charge < -0.3 is 19.2 Å². The number of carbonyl (C=O) groups is 1. The van der Waals surface area contributed by atoms with Crippen LogP contribution < -0.4 is 5.56 Å². The molecule has 1 aromatic heterocycles. The van der Waals surface area contributed by atoms with Gasteiger partial charge in [0.25, 0.3) is 5.56 Å². The number of fused-ring (bicyclic) bond motifs is 5. The average molecular weight is 523 g/mol. The first kappa shape index (κ1) is 25.5. The van der Waals surface area contributed by atoms with Gasteiger partial charge in [0.05, 0.1) is 23.7 Å². The van der Waals surface area contributed by atoms with Crippen molar-refractivity contribution in [1.82, 2.24) is 14.5 Å². The zero-order valence-corrected chi connectivity index (χ0v) is 22.1. The quantitative estimate of drug-likeness (QED) is 0.317. The molecule has 2 aromatic rings. The van der Waals surface area contributed by atoms with Gasteiger partial charge in [-0.2, -0.15) is 0 Å². The fourth-order valence-corrected chi connectivity index (χ4v) is 8.01. The van der Waals surface area contributed by atoms with E-state index in [1.165, 1.54) is 58.5 Å². The molecule has 0 radical (unpaired) electrons. The Labute approximate surface area is 222 Å².